The smallest absolute Gasteiger partial charge is 0.243 e. The number of hydrogen-bond acceptors (Lipinski definition) is 4. The summed E-state index contributed by atoms with van der Waals surface area (Å²) in [6, 6.07) is 0. The number of rotatable bonds is 9. The van der Waals surface area contributed by atoms with E-state index in [4.69, 9.17) is 5.11 Å². The topological polar surface area (TPSA) is 89.8 Å². The average Bonchev–Trinajstić information content (AvgIpc) is 2.36. The minimum atomic E-state index is -0.927. The number of nitrogens with one attached hydrogen (secondary N) is 1. The van der Waals surface area contributed by atoms with Gasteiger partial charge in [0, 0.05) is 6.54 Å². The number of allylic oxidation sites excluding steroid dienone is 3. The number of aliphatic hydroxyl groups is 3. The van der Waals surface area contributed by atoms with Crippen molar-refractivity contribution in [3.05, 3.63) is 36.5 Å². The molecule has 0 bridgehead atoms. The average molecular weight is 297 g/mol. The molecule has 0 spiro atoms. The van der Waals surface area contributed by atoms with Crippen molar-refractivity contribution in [2.24, 2.45) is 0 Å². The Hall–Kier alpha value is -1.43. The Morgan fingerprint density at radius 2 is 1.86 bits per heavy atom. The van der Waals surface area contributed by atoms with Crippen LogP contribution in [0.15, 0.2) is 36.5 Å². The molecule has 21 heavy (non-hydrogen) atoms. The molecule has 0 aromatic carbocycles. The Morgan fingerprint density at radius 3 is 2.43 bits per heavy atom. The van der Waals surface area contributed by atoms with Gasteiger partial charge in [-0.15, -0.1) is 0 Å². The van der Waals surface area contributed by atoms with E-state index in [0.29, 0.717) is 12.8 Å². The Morgan fingerprint density at radius 1 is 1.24 bits per heavy atom. The van der Waals surface area contributed by atoms with E-state index >= 15 is 0 Å². The molecule has 1 amide bonds. The van der Waals surface area contributed by atoms with Gasteiger partial charge in [0.2, 0.25) is 5.91 Å². The fourth-order valence-corrected chi connectivity index (χ4v) is 1.33. The molecule has 0 rings (SSSR count). The summed E-state index contributed by atoms with van der Waals surface area (Å²) in [5.74, 6) is -0.262. The first-order chi connectivity index (χ1) is 9.70. The van der Waals surface area contributed by atoms with E-state index in [2.05, 4.69) is 5.32 Å². The van der Waals surface area contributed by atoms with Crippen LogP contribution in [0.2, 0.25) is 0 Å². The molecule has 0 aliphatic carbocycles. The molecule has 0 fully saturated rings. The molecule has 0 aromatic rings. The zero-order valence-corrected chi connectivity index (χ0v) is 13.0. The lowest BCUT2D eigenvalue weighted by Crippen LogP contribution is -2.37. The third kappa shape index (κ3) is 14.8. The van der Waals surface area contributed by atoms with Gasteiger partial charge in [0.1, 0.15) is 0 Å². The van der Waals surface area contributed by atoms with Crippen molar-refractivity contribution in [3.63, 3.8) is 0 Å². The second-order valence-corrected chi connectivity index (χ2v) is 5.59. The number of hydrogen-bond donors (Lipinski definition) is 4. The normalized spacial score (nSPS) is 15.9. The molecule has 0 radical (unpaired) electrons. The summed E-state index contributed by atoms with van der Waals surface area (Å²) in [6.07, 6.45) is 9.65. The third-order valence-corrected chi connectivity index (χ3v) is 2.43. The van der Waals surface area contributed by atoms with Crippen LogP contribution in [0.4, 0.5) is 0 Å². The summed E-state index contributed by atoms with van der Waals surface area (Å²) < 4.78 is 0. The fourth-order valence-electron chi connectivity index (χ4n) is 1.33. The van der Waals surface area contributed by atoms with Crippen LogP contribution in [0.5, 0.6) is 0 Å². The highest BCUT2D eigenvalue weighted by molar-refractivity contribution is 5.87. The molecule has 0 saturated carbocycles. The van der Waals surface area contributed by atoms with E-state index in [-0.39, 0.29) is 12.5 Å². The minimum absolute atomic E-state index is 0.192. The van der Waals surface area contributed by atoms with Crippen LogP contribution in [0, 0.1) is 0 Å². The van der Waals surface area contributed by atoms with Gasteiger partial charge >= 0.3 is 0 Å². The molecule has 2 atom stereocenters. The predicted molar refractivity (Wildman–Crippen MR) is 83.6 cm³/mol. The van der Waals surface area contributed by atoms with Crippen LogP contribution in [-0.2, 0) is 4.79 Å². The van der Waals surface area contributed by atoms with Crippen LogP contribution in [0.25, 0.3) is 0 Å². The first-order valence-electron chi connectivity index (χ1n) is 7.08. The molecule has 0 aliphatic heterocycles. The maximum atomic E-state index is 11.4. The zero-order chi connectivity index (χ0) is 16.3. The number of carbonyl (C=O) groups is 1. The number of amides is 1. The molecule has 0 saturated heterocycles. The van der Waals surface area contributed by atoms with Crippen molar-refractivity contribution >= 4 is 5.91 Å². The van der Waals surface area contributed by atoms with Crippen molar-refractivity contribution in [2.75, 3.05) is 6.54 Å². The molecule has 0 aromatic heterocycles. The van der Waals surface area contributed by atoms with Crippen molar-refractivity contribution in [2.45, 2.75) is 51.4 Å². The van der Waals surface area contributed by atoms with Crippen molar-refractivity contribution in [1.29, 1.82) is 0 Å². The Labute approximate surface area is 126 Å². The van der Waals surface area contributed by atoms with Crippen molar-refractivity contribution in [1.82, 2.24) is 5.32 Å². The maximum absolute atomic E-state index is 11.4. The molecule has 4 N–H and O–H groups in total. The van der Waals surface area contributed by atoms with E-state index in [9.17, 15) is 15.0 Å². The lowest BCUT2D eigenvalue weighted by atomic mass is 10.1. The number of aliphatic hydroxyl groups excluding tert-OH is 2. The molecular formula is C16H27NO4. The second-order valence-electron chi connectivity index (χ2n) is 5.59. The highest BCUT2D eigenvalue weighted by atomic mass is 16.3. The lowest BCUT2D eigenvalue weighted by Gasteiger charge is -2.16. The molecule has 0 heterocycles. The van der Waals surface area contributed by atoms with Gasteiger partial charge in [-0.05, 0) is 39.7 Å². The predicted octanol–water partition coefficient (Wildman–Crippen LogP) is 1.06. The monoisotopic (exact) mass is 297 g/mol. The van der Waals surface area contributed by atoms with Crippen LogP contribution in [0.3, 0.4) is 0 Å². The molecule has 0 aliphatic rings. The highest BCUT2D eigenvalue weighted by Crippen LogP contribution is 2.01. The van der Waals surface area contributed by atoms with Crippen LogP contribution < -0.4 is 5.32 Å². The first kappa shape index (κ1) is 19.6. The van der Waals surface area contributed by atoms with E-state index in [1.807, 2.05) is 0 Å². The molecule has 120 valence electrons. The summed E-state index contributed by atoms with van der Waals surface area (Å²) >= 11 is 0. The maximum Gasteiger partial charge on any atom is 0.243 e. The van der Waals surface area contributed by atoms with Gasteiger partial charge in [0.05, 0.1) is 17.8 Å². The van der Waals surface area contributed by atoms with Gasteiger partial charge in [0.15, 0.2) is 0 Å². The van der Waals surface area contributed by atoms with Gasteiger partial charge in [-0.25, -0.2) is 0 Å². The van der Waals surface area contributed by atoms with Gasteiger partial charge in [-0.1, -0.05) is 30.4 Å². The molecule has 5 nitrogen and oxygen atoms in total. The van der Waals surface area contributed by atoms with Crippen molar-refractivity contribution in [3.8, 4) is 0 Å². The SMILES string of the molecule is CC(O)C=CC=CC(O)CCC=CC(=O)NCC(C)(C)O. The second kappa shape index (κ2) is 10.3. The number of carbonyl (C=O) groups excluding carboxylic acids is 1. The van der Waals surface area contributed by atoms with E-state index in [0.717, 1.165) is 0 Å². The highest BCUT2D eigenvalue weighted by Gasteiger charge is 2.12. The summed E-state index contributed by atoms with van der Waals surface area (Å²) in [5, 5.41) is 30.7. The summed E-state index contributed by atoms with van der Waals surface area (Å²) in [5.41, 5.74) is -0.927. The van der Waals surface area contributed by atoms with Gasteiger partial charge in [-0.2, -0.15) is 0 Å². The van der Waals surface area contributed by atoms with Crippen LogP contribution >= 0.6 is 0 Å². The molecule has 2 unspecified atom stereocenters. The van der Waals surface area contributed by atoms with Crippen LogP contribution in [0.1, 0.15) is 33.6 Å². The van der Waals surface area contributed by atoms with Gasteiger partial charge in [0.25, 0.3) is 0 Å². The quantitative estimate of drug-likeness (QED) is 0.378. The largest absolute Gasteiger partial charge is 0.389 e. The Balaban J connectivity index is 3.87. The van der Waals surface area contributed by atoms with Gasteiger partial charge < -0.3 is 20.6 Å². The minimum Gasteiger partial charge on any atom is -0.389 e. The summed E-state index contributed by atoms with van der Waals surface area (Å²) in [4.78, 5) is 11.4. The van der Waals surface area contributed by atoms with Crippen LogP contribution in [-0.4, -0.2) is 45.6 Å². The standard InChI is InChI=1S/C16H27NO4/c1-13(18)8-4-5-9-14(19)10-6-7-11-15(20)17-12-16(2,3)21/h4-5,7-9,11,13-14,18-19,21H,6,10,12H2,1-3H3,(H,17,20). The molecular weight excluding hydrogens is 270 g/mol. The summed E-state index contributed by atoms with van der Waals surface area (Å²) in [7, 11) is 0. The summed E-state index contributed by atoms with van der Waals surface area (Å²) in [6.45, 7) is 5.07. The van der Waals surface area contributed by atoms with E-state index in [1.54, 1.807) is 51.2 Å². The molecule has 5 heteroatoms. The van der Waals surface area contributed by atoms with Crippen molar-refractivity contribution < 1.29 is 20.1 Å². The Kier molecular flexibility index (Phi) is 9.62. The third-order valence-electron chi connectivity index (χ3n) is 2.43. The van der Waals surface area contributed by atoms with Gasteiger partial charge in [-0.3, -0.25) is 4.79 Å². The Bertz CT molecular complexity index is 378. The first-order valence-corrected chi connectivity index (χ1v) is 7.08. The van der Waals surface area contributed by atoms with E-state index < -0.39 is 17.8 Å². The fraction of sp³-hybridized carbons (Fsp3) is 0.562. The zero-order valence-electron chi connectivity index (χ0n) is 13.0. The lowest BCUT2D eigenvalue weighted by molar-refractivity contribution is -0.117. The van der Waals surface area contributed by atoms with E-state index in [1.165, 1.54) is 6.08 Å².